The van der Waals surface area contributed by atoms with Gasteiger partial charge in [0, 0.05) is 16.9 Å². The van der Waals surface area contributed by atoms with Crippen LogP contribution in [0.25, 0.3) is 0 Å². The molecule has 2 aromatic rings. The van der Waals surface area contributed by atoms with Crippen molar-refractivity contribution in [3.05, 3.63) is 64.6 Å². The Morgan fingerprint density at radius 1 is 1.05 bits per heavy atom. The largest absolute Gasteiger partial charge is 0.493 e. The highest BCUT2D eigenvalue weighted by molar-refractivity contribution is 9.10. The number of aliphatic hydroxyl groups excluding tert-OH is 1. The average Bonchev–Trinajstić information content (AvgIpc) is 2.53. The van der Waals surface area contributed by atoms with E-state index in [0.29, 0.717) is 6.61 Å². The molecule has 2 unspecified atom stereocenters. The average molecular weight is 364 g/mol. The first kappa shape index (κ1) is 17.0. The van der Waals surface area contributed by atoms with Crippen LogP contribution in [0.4, 0.5) is 0 Å². The van der Waals surface area contributed by atoms with Gasteiger partial charge in [-0.3, -0.25) is 0 Å². The molecular formula is C18H22BrNO2. The van der Waals surface area contributed by atoms with E-state index in [-0.39, 0.29) is 5.92 Å². The van der Waals surface area contributed by atoms with Crippen LogP contribution in [0.2, 0.25) is 0 Å². The molecule has 0 spiro atoms. The number of halogens is 1. The van der Waals surface area contributed by atoms with Crippen molar-refractivity contribution in [3.8, 4) is 5.75 Å². The third kappa shape index (κ3) is 5.13. The molecule has 2 aromatic carbocycles. The molecule has 1 N–H and O–H groups in total. The minimum absolute atomic E-state index is 0.000969. The Morgan fingerprint density at radius 2 is 1.68 bits per heavy atom. The highest BCUT2D eigenvalue weighted by Crippen LogP contribution is 2.24. The first-order valence-electron chi connectivity index (χ1n) is 7.32. The maximum absolute atomic E-state index is 10.6. The zero-order valence-electron chi connectivity index (χ0n) is 12.9. The summed E-state index contributed by atoms with van der Waals surface area (Å²) in [4.78, 5) is 2.07. The van der Waals surface area contributed by atoms with Crippen LogP contribution in [0.1, 0.15) is 11.7 Å². The Balaban J connectivity index is 2.04. The number of hydrogen-bond acceptors (Lipinski definition) is 3. The number of benzene rings is 2. The number of hydrogen-bond donors (Lipinski definition) is 1. The molecule has 2 atom stereocenters. The second kappa shape index (κ2) is 8.32. The lowest BCUT2D eigenvalue weighted by molar-refractivity contribution is 0.0584. The first-order valence-corrected chi connectivity index (χ1v) is 8.11. The van der Waals surface area contributed by atoms with Crippen molar-refractivity contribution >= 4 is 15.9 Å². The number of ether oxygens (including phenoxy) is 1. The van der Waals surface area contributed by atoms with Gasteiger partial charge in [0.2, 0.25) is 0 Å². The Bertz CT molecular complexity index is 557. The standard InChI is InChI=1S/C18H22BrNO2/c1-20(2)12-15(18(21)14-6-4-3-5-7-14)13-22-17-10-8-16(19)9-11-17/h3-11,15,18,21H,12-13H2,1-2H3. The molecule has 0 aromatic heterocycles. The molecule has 118 valence electrons. The van der Waals surface area contributed by atoms with Gasteiger partial charge in [-0.1, -0.05) is 46.3 Å². The number of rotatable bonds is 7. The molecule has 2 rings (SSSR count). The Hall–Kier alpha value is -1.36. The van der Waals surface area contributed by atoms with Crippen molar-refractivity contribution < 1.29 is 9.84 Å². The van der Waals surface area contributed by atoms with Crippen LogP contribution >= 0.6 is 15.9 Å². The summed E-state index contributed by atoms with van der Waals surface area (Å²) in [6.45, 7) is 1.22. The smallest absolute Gasteiger partial charge is 0.119 e. The van der Waals surface area contributed by atoms with Crippen LogP contribution in [-0.4, -0.2) is 37.3 Å². The fraction of sp³-hybridized carbons (Fsp3) is 0.333. The molecule has 0 saturated heterocycles. The third-order valence-electron chi connectivity index (χ3n) is 3.46. The minimum Gasteiger partial charge on any atom is -0.493 e. The van der Waals surface area contributed by atoms with Gasteiger partial charge in [0.15, 0.2) is 0 Å². The van der Waals surface area contributed by atoms with Crippen LogP contribution in [0.5, 0.6) is 5.75 Å². The Morgan fingerprint density at radius 3 is 2.27 bits per heavy atom. The zero-order chi connectivity index (χ0) is 15.9. The SMILES string of the molecule is CN(C)CC(COc1ccc(Br)cc1)C(O)c1ccccc1. The first-order chi connectivity index (χ1) is 10.6. The lowest BCUT2D eigenvalue weighted by Gasteiger charge is -2.26. The van der Waals surface area contributed by atoms with Gasteiger partial charge in [-0.05, 0) is 43.9 Å². The van der Waals surface area contributed by atoms with Crippen molar-refractivity contribution in [2.75, 3.05) is 27.2 Å². The molecule has 3 nitrogen and oxygen atoms in total. The van der Waals surface area contributed by atoms with Gasteiger partial charge >= 0.3 is 0 Å². The van der Waals surface area contributed by atoms with E-state index in [2.05, 4.69) is 20.8 Å². The lowest BCUT2D eigenvalue weighted by atomic mass is 9.96. The van der Waals surface area contributed by atoms with Gasteiger partial charge in [-0.2, -0.15) is 0 Å². The molecule has 22 heavy (non-hydrogen) atoms. The topological polar surface area (TPSA) is 32.7 Å². The third-order valence-corrected chi connectivity index (χ3v) is 3.99. The Labute approximate surface area is 140 Å². The maximum atomic E-state index is 10.6. The van der Waals surface area contributed by atoms with Crippen molar-refractivity contribution in [1.82, 2.24) is 4.90 Å². The van der Waals surface area contributed by atoms with Crippen LogP contribution in [-0.2, 0) is 0 Å². The van der Waals surface area contributed by atoms with Gasteiger partial charge in [0.05, 0.1) is 12.7 Å². The van der Waals surface area contributed by atoms with Gasteiger partial charge in [-0.25, -0.2) is 0 Å². The quantitative estimate of drug-likeness (QED) is 0.813. The highest BCUT2D eigenvalue weighted by atomic mass is 79.9. The van der Waals surface area contributed by atoms with Crippen molar-refractivity contribution in [2.24, 2.45) is 5.92 Å². The predicted molar refractivity (Wildman–Crippen MR) is 93.1 cm³/mol. The summed E-state index contributed by atoms with van der Waals surface area (Å²) in [5.41, 5.74) is 0.925. The highest BCUT2D eigenvalue weighted by Gasteiger charge is 2.22. The summed E-state index contributed by atoms with van der Waals surface area (Å²) in [7, 11) is 4.01. The van der Waals surface area contributed by atoms with E-state index in [1.165, 1.54) is 0 Å². The molecule has 0 heterocycles. The molecule has 0 aliphatic rings. The van der Waals surface area contributed by atoms with E-state index in [1.807, 2.05) is 68.7 Å². The normalized spacial score (nSPS) is 13.9. The summed E-state index contributed by atoms with van der Waals surface area (Å²) in [6.07, 6.45) is -0.543. The van der Waals surface area contributed by atoms with Crippen LogP contribution in [0.3, 0.4) is 0 Å². The van der Waals surface area contributed by atoms with E-state index in [9.17, 15) is 5.11 Å². The molecule has 0 amide bonds. The summed E-state index contributed by atoms with van der Waals surface area (Å²) in [6, 6.07) is 17.5. The van der Waals surface area contributed by atoms with Crippen LogP contribution in [0, 0.1) is 5.92 Å². The van der Waals surface area contributed by atoms with Crippen molar-refractivity contribution in [1.29, 1.82) is 0 Å². The van der Waals surface area contributed by atoms with Crippen LogP contribution < -0.4 is 4.74 Å². The Kier molecular flexibility index (Phi) is 6.43. The fourth-order valence-corrected chi connectivity index (χ4v) is 2.63. The van der Waals surface area contributed by atoms with Crippen molar-refractivity contribution in [2.45, 2.75) is 6.10 Å². The second-order valence-corrected chi connectivity index (χ2v) is 6.56. The summed E-state index contributed by atoms with van der Waals surface area (Å²) >= 11 is 3.41. The predicted octanol–water partition coefficient (Wildman–Crippen LogP) is 3.74. The molecule has 0 radical (unpaired) electrons. The second-order valence-electron chi connectivity index (χ2n) is 5.64. The van der Waals surface area contributed by atoms with Gasteiger partial charge < -0.3 is 14.7 Å². The molecule has 0 aliphatic carbocycles. The van der Waals surface area contributed by atoms with Crippen LogP contribution in [0.15, 0.2) is 59.1 Å². The molecular weight excluding hydrogens is 342 g/mol. The van der Waals surface area contributed by atoms with Gasteiger partial charge in [0.1, 0.15) is 5.75 Å². The molecule has 0 aliphatic heterocycles. The molecule has 0 saturated carbocycles. The monoisotopic (exact) mass is 363 g/mol. The molecule has 4 heteroatoms. The van der Waals surface area contributed by atoms with Crippen molar-refractivity contribution in [3.63, 3.8) is 0 Å². The number of aliphatic hydroxyl groups is 1. The number of nitrogens with zero attached hydrogens (tertiary/aromatic N) is 1. The van der Waals surface area contributed by atoms with Gasteiger partial charge in [-0.15, -0.1) is 0 Å². The minimum atomic E-state index is -0.543. The summed E-state index contributed by atoms with van der Waals surface area (Å²) in [5, 5.41) is 10.6. The van der Waals surface area contributed by atoms with E-state index in [1.54, 1.807) is 0 Å². The fourth-order valence-electron chi connectivity index (χ4n) is 2.37. The summed E-state index contributed by atoms with van der Waals surface area (Å²) in [5.74, 6) is 0.813. The zero-order valence-corrected chi connectivity index (χ0v) is 14.5. The van der Waals surface area contributed by atoms with E-state index >= 15 is 0 Å². The van der Waals surface area contributed by atoms with E-state index in [4.69, 9.17) is 4.74 Å². The van der Waals surface area contributed by atoms with E-state index in [0.717, 1.165) is 22.3 Å². The van der Waals surface area contributed by atoms with E-state index < -0.39 is 6.10 Å². The lowest BCUT2D eigenvalue weighted by Crippen LogP contribution is -2.31. The molecule has 0 fully saturated rings. The maximum Gasteiger partial charge on any atom is 0.119 e. The summed E-state index contributed by atoms with van der Waals surface area (Å²) < 4.78 is 6.88. The molecule has 0 bridgehead atoms. The van der Waals surface area contributed by atoms with Gasteiger partial charge in [0.25, 0.3) is 0 Å².